The van der Waals surface area contributed by atoms with Crippen LogP contribution in [0.2, 0.25) is 0 Å². The van der Waals surface area contributed by atoms with Gasteiger partial charge >= 0.3 is 5.97 Å². The van der Waals surface area contributed by atoms with Crippen LogP contribution in [0.1, 0.15) is 28.5 Å². The average Bonchev–Trinajstić information content (AvgIpc) is 2.81. The molecule has 0 amide bonds. The van der Waals surface area contributed by atoms with E-state index in [9.17, 15) is 4.79 Å². The number of esters is 1. The van der Waals surface area contributed by atoms with Crippen LogP contribution < -0.4 is 0 Å². The molecule has 1 heterocycles. The fraction of sp³-hybridized carbons (Fsp3) is 0.375. The van der Waals surface area contributed by atoms with E-state index in [1.54, 1.807) is 17.8 Å². The van der Waals surface area contributed by atoms with Gasteiger partial charge in [0.15, 0.2) is 0 Å². The number of hydrogen-bond acceptors (Lipinski definition) is 4. The zero-order valence-corrected chi connectivity index (χ0v) is 12.7. The maximum absolute atomic E-state index is 11.9. The normalized spacial score (nSPS) is 10.9. The van der Waals surface area contributed by atoms with Crippen molar-refractivity contribution in [1.29, 1.82) is 0 Å². The van der Waals surface area contributed by atoms with Gasteiger partial charge in [0.1, 0.15) is 5.56 Å². The van der Waals surface area contributed by atoms with Crippen molar-refractivity contribution in [2.75, 3.05) is 13.7 Å². The number of rotatable bonds is 6. The smallest absolute Gasteiger partial charge is 0.341 e. The topological polar surface area (TPSA) is 47.4 Å². The quantitative estimate of drug-likeness (QED) is 0.764. The predicted molar refractivity (Wildman–Crippen MR) is 80.8 cm³/mol. The summed E-state index contributed by atoms with van der Waals surface area (Å²) in [5, 5.41) is 4.17. The Hall–Kier alpha value is -2.14. The van der Waals surface area contributed by atoms with E-state index in [0.29, 0.717) is 18.7 Å². The highest BCUT2D eigenvalue weighted by molar-refractivity contribution is 5.90. The Balaban J connectivity index is 2.08. The van der Waals surface area contributed by atoms with Crippen molar-refractivity contribution in [3.05, 3.63) is 53.3 Å². The molecule has 0 bridgehead atoms. The molecule has 5 nitrogen and oxygen atoms in total. The van der Waals surface area contributed by atoms with Crippen LogP contribution in [0.5, 0.6) is 0 Å². The van der Waals surface area contributed by atoms with E-state index in [4.69, 9.17) is 4.74 Å². The van der Waals surface area contributed by atoms with Crippen LogP contribution in [-0.2, 0) is 24.9 Å². The molecule has 0 aliphatic heterocycles. The van der Waals surface area contributed by atoms with Crippen LogP contribution in [0.15, 0.2) is 36.5 Å². The third kappa shape index (κ3) is 3.92. The van der Waals surface area contributed by atoms with Crippen molar-refractivity contribution in [2.45, 2.75) is 20.0 Å². The van der Waals surface area contributed by atoms with Gasteiger partial charge in [0.25, 0.3) is 0 Å². The maximum atomic E-state index is 11.9. The fourth-order valence-electron chi connectivity index (χ4n) is 2.24. The monoisotopic (exact) mass is 287 g/mol. The lowest BCUT2D eigenvalue weighted by Crippen LogP contribution is -2.21. The second-order valence-electron chi connectivity index (χ2n) is 5.01. The standard InChI is InChI=1S/C16H21N3O2/c1-4-21-16(20)14-10-17-19(3)15(14)12-18(2)11-13-8-6-5-7-9-13/h5-10H,4,11-12H2,1-3H3. The van der Waals surface area contributed by atoms with Gasteiger partial charge in [-0.3, -0.25) is 9.58 Å². The summed E-state index contributed by atoms with van der Waals surface area (Å²) in [5.74, 6) is -0.311. The number of aryl methyl sites for hydroxylation is 1. The lowest BCUT2D eigenvalue weighted by Gasteiger charge is -2.17. The van der Waals surface area contributed by atoms with Crippen LogP contribution in [0.25, 0.3) is 0 Å². The van der Waals surface area contributed by atoms with Crippen LogP contribution >= 0.6 is 0 Å². The lowest BCUT2D eigenvalue weighted by atomic mass is 10.2. The van der Waals surface area contributed by atoms with E-state index in [-0.39, 0.29) is 5.97 Å². The fourth-order valence-corrected chi connectivity index (χ4v) is 2.24. The molecule has 0 spiro atoms. The zero-order valence-electron chi connectivity index (χ0n) is 12.7. The number of hydrogen-bond donors (Lipinski definition) is 0. The molecule has 0 radical (unpaired) electrons. The first-order valence-corrected chi connectivity index (χ1v) is 7.02. The summed E-state index contributed by atoms with van der Waals surface area (Å²) in [5.41, 5.74) is 2.64. The predicted octanol–water partition coefficient (Wildman–Crippen LogP) is 2.23. The Labute approximate surface area is 125 Å². The first-order valence-electron chi connectivity index (χ1n) is 7.02. The molecule has 5 heteroatoms. The van der Waals surface area contributed by atoms with Gasteiger partial charge in [-0.1, -0.05) is 30.3 Å². The first kappa shape index (κ1) is 15.3. The van der Waals surface area contributed by atoms with E-state index >= 15 is 0 Å². The molecule has 0 aliphatic carbocycles. The first-order chi connectivity index (χ1) is 10.1. The molecule has 0 fully saturated rings. The Bertz CT molecular complexity index is 593. The molecule has 0 saturated heterocycles. The maximum Gasteiger partial charge on any atom is 0.341 e. The van der Waals surface area contributed by atoms with Crippen molar-refractivity contribution < 1.29 is 9.53 Å². The van der Waals surface area contributed by atoms with Gasteiger partial charge in [-0.05, 0) is 19.5 Å². The molecule has 2 rings (SSSR count). The minimum Gasteiger partial charge on any atom is -0.462 e. The number of benzene rings is 1. The molecule has 1 aromatic heterocycles. The van der Waals surface area contributed by atoms with Gasteiger partial charge in [0.05, 0.1) is 18.5 Å². The summed E-state index contributed by atoms with van der Waals surface area (Å²) in [6.07, 6.45) is 1.57. The van der Waals surface area contributed by atoms with Gasteiger partial charge in [0.2, 0.25) is 0 Å². The van der Waals surface area contributed by atoms with Gasteiger partial charge in [-0.25, -0.2) is 4.79 Å². The molecule has 1 aromatic carbocycles. The van der Waals surface area contributed by atoms with Crippen molar-refractivity contribution >= 4 is 5.97 Å². The summed E-state index contributed by atoms with van der Waals surface area (Å²) in [4.78, 5) is 14.1. The minimum atomic E-state index is -0.311. The molecule has 112 valence electrons. The third-order valence-electron chi connectivity index (χ3n) is 3.27. The number of carbonyl (C=O) groups is 1. The van der Waals surface area contributed by atoms with Crippen molar-refractivity contribution in [3.63, 3.8) is 0 Å². The van der Waals surface area contributed by atoms with E-state index in [1.807, 2.05) is 32.3 Å². The van der Waals surface area contributed by atoms with Gasteiger partial charge in [-0.2, -0.15) is 5.10 Å². The number of ether oxygens (including phenoxy) is 1. The van der Waals surface area contributed by atoms with Crippen LogP contribution in [-0.4, -0.2) is 34.3 Å². The highest BCUT2D eigenvalue weighted by atomic mass is 16.5. The van der Waals surface area contributed by atoms with Crippen LogP contribution in [0.4, 0.5) is 0 Å². The highest BCUT2D eigenvalue weighted by Gasteiger charge is 2.18. The molecule has 0 saturated carbocycles. The third-order valence-corrected chi connectivity index (χ3v) is 3.27. The summed E-state index contributed by atoms with van der Waals surface area (Å²) < 4.78 is 6.80. The van der Waals surface area contributed by atoms with Crippen LogP contribution in [0.3, 0.4) is 0 Å². The molecule has 0 aliphatic rings. The van der Waals surface area contributed by atoms with Gasteiger partial charge in [-0.15, -0.1) is 0 Å². The summed E-state index contributed by atoms with van der Waals surface area (Å²) in [6.45, 7) is 3.62. The molecular weight excluding hydrogens is 266 g/mol. The Morgan fingerprint density at radius 1 is 1.29 bits per heavy atom. The number of nitrogens with zero attached hydrogens (tertiary/aromatic N) is 3. The average molecular weight is 287 g/mol. The Morgan fingerprint density at radius 2 is 2.00 bits per heavy atom. The molecule has 0 N–H and O–H groups in total. The Kier molecular flexibility index (Phi) is 5.11. The number of aromatic nitrogens is 2. The van der Waals surface area contributed by atoms with Crippen LogP contribution in [0, 0.1) is 0 Å². The SMILES string of the molecule is CCOC(=O)c1cnn(C)c1CN(C)Cc1ccccc1. The van der Waals surface area contributed by atoms with Gasteiger partial charge in [0, 0.05) is 20.1 Å². The largest absolute Gasteiger partial charge is 0.462 e. The second kappa shape index (κ2) is 7.04. The highest BCUT2D eigenvalue weighted by Crippen LogP contribution is 2.13. The van der Waals surface area contributed by atoms with E-state index in [1.165, 1.54) is 5.56 Å². The summed E-state index contributed by atoms with van der Waals surface area (Å²) in [6, 6.07) is 10.2. The molecule has 0 unspecified atom stereocenters. The Morgan fingerprint density at radius 3 is 2.67 bits per heavy atom. The zero-order chi connectivity index (χ0) is 15.2. The van der Waals surface area contributed by atoms with Crippen molar-refractivity contribution in [1.82, 2.24) is 14.7 Å². The molecule has 0 atom stereocenters. The summed E-state index contributed by atoms with van der Waals surface area (Å²) in [7, 11) is 3.86. The van der Waals surface area contributed by atoms with Crippen molar-refractivity contribution in [2.24, 2.45) is 7.05 Å². The van der Waals surface area contributed by atoms with E-state index in [0.717, 1.165) is 12.2 Å². The van der Waals surface area contributed by atoms with Crippen molar-refractivity contribution in [3.8, 4) is 0 Å². The lowest BCUT2D eigenvalue weighted by molar-refractivity contribution is 0.0524. The molecule has 21 heavy (non-hydrogen) atoms. The molecule has 2 aromatic rings. The minimum absolute atomic E-state index is 0.311. The summed E-state index contributed by atoms with van der Waals surface area (Å²) >= 11 is 0. The second-order valence-corrected chi connectivity index (χ2v) is 5.01. The molecular formula is C16H21N3O2. The number of carbonyl (C=O) groups excluding carboxylic acids is 1. The van der Waals surface area contributed by atoms with E-state index < -0.39 is 0 Å². The van der Waals surface area contributed by atoms with E-state index in [2.05, 4.69) is 22.1 Å². The van der Waals surface area contributed by atoms with Gasteiger partial charge < -0.3 is 4.74 Å².